The third-order valence-electron chi connectivity index (χ3n) is 4.79. The molecule has 0 bridgehead atoms. The molecule has 132 valence electrons. The van der Waals surface area contributed by atoms with Crippen molar-refractivity contribution in [1.29, 1.82) is 0 Å². The van der Waals surface area contributed by atoms with Crippen LogP contribution in [0.2, 0.25) is 0 Å². The van der Waals surface area contributed by atoms with Crippen molar-refractivity contribution in [1.82, 2.24) is 9.55 Å². The Morgan fingerprint density at radius 2 is 1.79 bits per heavy atom. The Labute approximate surface area is 146 Å². The van der Waals surface area contributed by atoms with Crippen molar-refractivity contribution < 1.29 is 5.11 Å². The van der Waals surface area contributed by atoms with Gasteiger partial charge in [-0.15, -0.1) is 0 Å². The van der Waals surface area contributed by atoms with E-state index < -0.39 is 0 Å². The van der Waals surface area contributed by atoms with Crippen molar-refractivity contribution in [3.05, 3.63) is 42.4 Å². The fourth-order valence-corrected chi connectivity index (χ4v) is 3.80. The molecule has 24 heavy (non-hydrogen) atoms. The molecule has 0 saturated heterocycles. The largest absolute Gasteiger partial charge is 0.392 e. The summed E-state index contributed by atoms with van der Waals surface area (Å²) in [5.41, 5.74) is 3.75. The van der Waals surface area contributed by atoms with Gasteiger partial charge in [-0.1, -0.05) is 65.8 Å². The monoisotopic (exact) mass is 328 g/mol. The highest BCUT2D eigenvalue weighted by molar-refractivity contribution is 5.69. The number of rotatable bonds is 5. The second-order valence-electron chi connectivity index (χ2n) is 7.25. The predicted octanol–water partition coefficient (Wildman–Crippen LogP) is 5.16. The van der Waals surface area contributed by atoms with E-state index in [2.05, 4.69) is 61.5 Å². The van der Waals surface area contributed by atoms with Gasteiger partial charge in [-0.25, -0.2) is 4.98 Å². The minimum absolute atomic E-state index is 0.188. The molecule has 1 aliphatic rings. The van der Waals surface area contributed by atoms with Crippen molar-refractivity contribution in [3.63, 3.8) is 0 Å². The first-order valence-corrected chi connectivity index (χ1v) is 9.30. The Morgan fingerprint density at radius 1 is 1.12 bits per heavy atom. The van der Waals surface area contributed by atoms with Gasteiger partial charge in [0.25, 0.3) is 0 Å². The van der Waals surface area contributed by atoms with Gasteiger partial charge in [-0.2, -0.15) is 0 Å². The van der Waals surface area contributed by atoms with E-state index in [0.717, 1.165) is 6.42 Å². The molecule has 0 aliphatic carbocycles. The van der Waals surface area contributed by atoms with Gasteiger partial charge in [0.2, 0.25) is 0 Å². The summed E-state index contributed by atoms with van der Waals surface area (Å²) in [7, 11) is 0. The summed E-state index contributed by atoms with van der Waals surface area (Å²) < 4.78 is 2.25. The highest BCUT2D eigenvalue weighted by Gasteiger charge is 2.38. The lowest BCUT2D eigenvalue weighted by atomic mass is 9.79. The van der Waals surface area contributed by atoms with Crippen molar-refractivity contribution >= 4 is 0 Å². The molecule has 0 spiro atoms. The molecule has 0 fully saturated rings. The summed E-state index contributed by atoms with van der Waals surface area (Å²) in [5.74, 6) is 1.01. The molecular weight excluding hydrogens is 296 g/mol. The van der Waals surface area contributed by atoms with Crippen LogP contribution in [0, 0.1) is 17.8 Å². The first kappa shape index (κ1) is 18.7. The first-order chi connectivity index (χ1) is 11.5. The van der Waals surface area contributed by atoms with Crippen LogP contribution in [0.3, 0.4) is 0 Å². The van der Waals surface area contributed by atoms with Gasteiger partial charge in [0.15, 0.2) is 0 Å². The van der Waals surface area contributed by atoms with E-state index >= 15 is 0 Å². The Kier molecular flexibility index (Phi) is 6.22. The van der Waals surface area contributed by atoms with Gasteiger partial charge in [-0.3, -0.25) is 0 Å². The zero-order valence-corrected chi connectivity index (χ0v) is 15.9. The summed E-state index contributed by atoms with van der Waals surface area (Å²) >= 11 is 0. The highest BCUT2D eigenvalue weighted by Crippen LogP contribution is 2.46. The van der Waals surface area contributed by atoms with E-state index in [0.29, 0.717) is 5.92 Å². The van der Waals surface area contributed by atoms with Crippen LogP contribution in [0.4, 0.5) is 0 Å². The third-order valence-corrected chi connectivity index (χ3v) is 4.79. The maximum Gasteiger partial charge on any atom is 0.0956 e. The summed E-state index contributed by atoms with van der Waals surface area (Å²) in [5, 5.41) is 10.9. The molecule has 3 nitrogen and oxygen atoms in total. The van der Waals surface area contributed by atoms with E-state index in [1.54, 1.807) is 0 Å². The summed E-state index contributed by atoms with van der Waals surface area (Å²) in [6.07, 6.45) is 4.55. The zero-order chi connectivity index (χ0) is 17.9. The van der Waals surface area contributed by atoms with Crippen LogP contribution in [0.25, 0.3) is 11.3 Å². The van der Waals surface area contributed by atoms with E-state index in [4.69, 9.17) is 0 Å². The molecule has 0 unspecified atom stereocenters. The molecule has 0 radical (unpaired) electrons. The summed E-state index contributed by atoms with van der Waals surface area (Å²) in [6, 6.07) is 8.73. The van der Waals surface area contributed by atoms with Gasteiger partial charge in [0, 0.05) is 11.5 Å². The van der Waals surface area contributed by atoms with Crippen LogP contribution in [0.15, 0.2) is 36.8 Å². The first-order valence-electron chi connectivity index (χ1n) is 9.30. The van der Waals surface area contributed by atoms with Gasteiger partial charge >= 0.3 is 0 Å². The molecule has 3 atom stereocenters. The minimum atomic E-state index is -0.311. The van der Waals surface area contributed by atoms with Crippen LogP contribution in [-0.2, 0) is 0 Å². The summed E-state index contributed by atoms with van der Waals surface area (Å²) in [6.45, 7) is 12.7. The lowest BCUT2D eigenvalue weighted by molar-refractivity contribution is 0.0364. The van der Waals surface area contributed by atoms with E-state index in [1.165, 1.54) is 16.8 Å². The number of imidazole rings is 1. The topological polar surface area (TPSA) is 38.0 Å². The average Bonchev–Trinajstić information content (AvgIpc) is 3.14. The zero-order valence-electron chi connectivity index (χ0n) is 15.9. The predicted molar refractivity (Wildman–Crippen MR) is 101 cm³/mol. The van der Waals surface area contributed by atoms with Crippen LogP contribution < -0.4 is 0 Å². The van der Waals surface area contributed by atoms with Crippen molar-refractivity contribution in [3.8, 4) is 11.3 Å². The maximum atomic E-state index is 10.9. The van der Waals surface area contributed by atoms with Crippen molar-refractivity contribution in [2.75, 3.05) is 0 Å². The van der Waals surface area contributed by atoms with Gasteiger partial charge in [0.05, 0.1) is 30.4 Å². The standard InChI is InChI=1S/C19H26N2O.C2H6/c1-12(2)9-16(19(22)13(3)4)18-15-8-6-5-7-14(15)17-10-20-11-21(17)18;1-2/h5-8,10-13,16,18-19,22H,9H2,1-4H3;1-2H3/t16-,18+,19-;/m0./s1. The quantitative estimate of drug-likeness (QED) is 0.823. The normalized spacial score (nSPS) is 18.0. The average molecular weight is 329 g/mol. The van der Waals surface area contributed by atoms with Crippen molar-refractivity contribution in [2.24, 2.45) is 17.8 Å². The van der Waals surface area contributed by atoms with Crippen LogP contribution in [0.1, 0.15) is 59.6 Å². The van der Waals surface area contributed by atoms with Crippen LogP contribution in [0.5, 0.6) is 0 Å². The number of aliphatic hydroxyl groups excluding tert-OH is 1. The number of nitrogens with zero attached hydrogens (tertiary/aromatic N) is 2. The molecule has 1 aromatic carbocycles. The van der Waals surface area contributed by atoms with E-state index in [9.17, 15) is 5.11 Å². The fourth-order valence-electron chi connectivity index (χ4n) is 3.80. The Bertz CT molecular complexity index is 645. The minimum Gasteiger partial charge on any atom is -0.392 e. The molecule has 3 rings (SSSR count). The lowest BCUT2D eigenvalue weighted by Crippen LogP contribution is -2.34. The Balaban J connectivity index is 0.00000100. The van der Waals surface area contributed by atoms with Crippen LogP contribution >= 0.6 is 0 Å². The molecule has 2 aromatic rings. The van der Waals surface area contributed by atoms with Crippen molar-refractivity contribution in [2.45, 2.75) is 60.1 Å². The Hall–Kier alpha value is -1.61. The summed E-state index contributed by atoms with van der Waals surface area (Å²) in [4.78, 5) is 4.34. The SMILES string of the molecule is CC.CC(C)C[C@@H]([C@H]1c2ccccc2-c2cncn21)[C@@H](O)C(C)C. The number of fused-ring (bicyclic) bond motifs is 3. The molecule has 2 heterocycles. The number of aliphatic hydroxyl groups is 1. The fraction of sp³-hybridized carbons (Fsp3) is 0.571. The number of aromatic nitrogens is 2. The Morgan fingerprint density at radius 3 is 2.42 bits per heavy atom. The van der Waals surface area contributed by atoms with Gasteiger partial charge in [0.1, 0.15) is 0 Å². The molecule has 1 aromatic heterocycles. The van der Waals surface area contributed by atoms with E-state index in [-0.39, 0.29) is 24.0 Å². The second-order valence-corrected chi connectivity index (χ2v) is 7.25. The lowest BCUT2D eigenvalue weighted by Gasteiger charge is -2.33. The number of benzene rings is 1. The molecule has 0 amide bonds. The second kappa shape index (κ2) is 7.98. The maximum absolute atomic E-state index is 10.9. The van der Waals surface area contributed by atoms with Gasteiger partial charge in [-0.05, 0) is 23.8 Å². The highest BCUT2D eigenvalue weighted by atomic mass is 16.3. The number of hydrogen-bond donors (Lipinski definition) is 1. The van der Waals surface area contributed by atoms with E-state index in [1.807, 2.05) is 26.4 Å². The molecule has 0 saturated carbocycles. The van der Waals surface area contributed by atoms with Gasteiger partial charge < -0.3 is 9.67 Å². The van der Waals surface area contributed by atoms with Crippen LogP contribution in [-0.4, -0.2) is 20.8 Å². The molecular formula is C21H32N2O. The molecule has 3 heteroatoms. The smallest absolute Gasteiger partial charge is 0.0956 e. The third kappa shape index (κ3) is 3.41. The number of hydrogen-bond acceptors (Lipinski definition) is 2. The molecule has 1 aliphatic heterocycles. The molecule has 1 N–H and O–H groups in total.